The third-order valence-electron chi connectivity index (χ3n) is 5.90. The largest absolute Gasteiger partial charge is 0.391 e. The number of imidazole rings is 1. The van der Waals surface area contributed by atoms with Gasteiger partial charge in [0.25, 0.3) is 0 Å². The van der Waals surface area contributed by atoms with Crippen LogP contribution in [-0.4, -0.2) is 42.7 Å². The monoisotopic (exact) mass is 450 g/mol. The molecule has 3 N–H and O–H groups in total. The minimum Gasteiger partial charge on any atom is -0.391 e. The number of hydrogen-bond donors (Lipinski definition) is 3. The van der Waals surface area contributed by atoms with Gasteiger partial charge in [0.15, 0.2) is 10.8 Å². The van der Waals surface area contributed by atoms with E-state index in [1.807, 2.05) is 16.7 Å². The van der Waals surface area contributed by atoms with E-state index in [2.05, 4.69) is 32.7 Å². The van der Waals surface area contributed by atoms with Crippen molar-refractivity contribution in [3.63, 3.8) is 0 Å². The van der Waals surface area contributed by atoms with Crippen LogP contribution in [0.15, 0.2) is 36.8 Å². The lowest BCUT2D eigenvalue weighted by molar-refractivity contribution is -0.119. The number of rotatable bonds is 6. The first-order chi connectivity index (χ1) is 15.5. The molecule has 8 nitrogen and oxygen atoms in total. The van der Waals surface area contributed by atoms with Crippen molar-refractivity contribution in [1.29, 1.82) is 0 Å². The van der Waals surface area contributed by atoms with Gasteiger partial charge in [-0.3, -0.25) is 4.79 Å². The van der Waals surface area contributed by atoms with E-state index in [9.17, 15) is 9.90 Å². The lowest BCUT2D eigenvalue weighted by Gasteiger charge is -2.27. The van der Waals surface area contributed by atoms with Crippen LogP contribution in [-0.2, 0) is 17.9 Å². The highest BCUT2D eigenvalue weighted by Gasteiger charge is 2.23. The summed E-state index contributed by atoms with van der Waals surface area (Å²) in [4.78, 5) is 24.9. The van der Waals surface area contributed by atoms with Crippen LogP contribution in [0.25, 0.3) is 21.4 Å². The molecule has 0 saturated heterocycles. The molecular weight excluding hydrogens is 424 g/mol. The molecule has 1 fully saturated rings. The van der Waals surface area contributed by atoms with Crippen molar-refractivity contribution in [3.8, 4) is 0 Å². The van der Waals surface area contributed by atoms with Crippen molar-refractivity contribution in [3.05, 3.63) is 47.9 Å². The standard InChI is InChI=1S/C23H26N6O2S/c1-14(30)24-10-16-8-19-22(25-11-16)29(13-26-19)12-15-6-7-18-21(9-15)32-23(28-18)27-17-4-2-3-5-20(17)31/h6-9,11,13,17,20,31H,2-5,10,12H2,1H3,(H,24,30)(H,27,28). The lowest BCUT2D eigenvalue weighted by atomic mass is 9.93. The van der Waals surface area contributed by atoms with Gasteiger partial charge in [-0.1, -0.05) is 30.2 Å². The molecule has 0 radical (unpaired) electrons. The van der Waals surface area contributed by atoms with E-state index in [1.165, 1.54) is 6.92 Å². The van der Waals surface area contributed by atoms with Crippen molar-refractivity contribution < 1.29 is 9.90 Å². The number of fused-ring (bicyclic) bond motifs is 2. The molecule has 4 aromatic rings. The quantitative estimate of drug-likeness (QED) is 0.416. The van der Waals surface area contributed by atoms with E-state index in [0.717, 1.165) is 63.3 Å². The lowest BCUT2D eigenvalue weighted by Crippen LogP contribution is -2.36. The normalized spacial score (nSPS) is 18.8. The SMILES string of the molecule is CC(=O)NCc1cnc2c(c1)ncn2Cc1ccc2nc(NC3CCCCC3O)sc2c1. The van der Waals surface area contributed by atoms with Gasteiger partial charge in [-0.2, -0.15) is 0 Å². The molecular formula is C23H26N6O2S. The summed E-state index contributed by atoms with van der Waals surface area (Å²) in [6, 6.07) is 8.33. The van der Waals surface area contributed by atoms with E-state index < -0.39 is 0 Å². The van der Waals surface area contributed by atoms with Gasteiger partial charge in [-0.25, -0.2) is 15.0 Å². The van der Waals surface area contributed by atoms with Crippen molar-refractivity contribution in [2.75, 3.05) is 5.32 Å². The topological polar surface area (TPSA) is 105 Å². The van der Waals surface area contributed by atoms with E-state index in [1.54, 1.807) is 23.9 Å². The van der Waals surface area contributed by atoms with Gasteiger partial charge < -0.3 is 20.3 Å². The molecule has 1 aliphatic rings. The maximum absolute atomic E-state index is 11.1. The summed E-state index contributed by atoms with van der Waals surface area (Å²) < 4.78 is 3.14. The molecule has 3 aromatic heterocycles. The number of aromatic nitrogens is 4. The Morgan fingerprint density at radius 1 is 1.19 bits per heavy atom. The summed E-state index contributed by atoms with van der Waals surface area (Å²) in [5.74, 6) is -0.0673. The third kappa shape index (κ3) is 4.44. The molecule has 0 aliphatic heterocycles. The van der Waals surface area contributed by atoms with Gasteiger partial charge in [-0.05, 0) is 42.2 Å². The predicted molar refractivity (Wildman–Crippen MR) is 126 cm³/mol. The number of nitrogens with one attached hydrogen (secondary N) is 2. The minimum atomic E-state index is -0.299. The summed E-state index contributed by atoms with van der Waals surface area (Å²) in [6.07, 6.45) is 7.35. The second kappa shape index (κ2) is 8.84. The van der Waals surface area contributed by atoms with E-state index in [-0.39, 0.29) is 18.1 Å². The number of hydrogen-bond acceptors (Lipinski definition) is 7. The van der Waals surface area contributed by atoms with Crippen LogP contribution in [0.1, 0.15) is 43.7 Å². The molecule has 166 valence electrons. The molecule has 1 amide bonds. The van der Waals surface area contributed by atoms with Crippen molar-refractivity contribution in [2.45, 2.75) is 57.8 Å². The third-order valence-corrected chi connectivity index (χ3v) is 6.85. The number of nitrogens with zero attached hydrogens (tertiary/aromatic N) is 4. The molecule has 0 spiro atoms. The molecule has 0 bridgehead atoms. The van der Waals surface area contributed by atoms with Crippen LogP contribution in [0.3, 0.4) is 0 Å². The zero-order valence-electron chi connectivity index (χ0n) is 17.9. The maximum atomic E-state index is 11.1. The predicted octanol–water partition coefficient (Wildman–Crippen LogP) is 3.44. The maximum Gasteiger partial charge on any atom is 0.217 e. The number of aliphatic hydroxyl groups is 1. The molecule has 2 atom stereocenters. The van der Waals surface area contributed by atoms with E-state index in [4.69, 9.17) is 4.98 Å². The van der Waals surface area contributed by atoms with Crippen LogP contribution >= 0.6 is 11.3 Å². The van der Waals surface area contributed by atoms with Crippen molar-refractivity contribution >= 4 is 43.8 Å². The summed E-state index contributed by atoms with van der Waals surface area (Å²) >= 11 is 1.62. The number of benzene rings is 1. The Kier molecular flexibility index (Phi) is 5.75. The Morgan fingerprint density at radius 3 is 2.91 bits per heavy atom. The highest BCUT2D eigenvalue weighted by Crippen LogP contribution is 2.30. The molecule has 32 heavy (non-hydrogen) atoms. The molecule has 1 saturated carbocycles. The number of thiazole rings is 1. The molecule has 2 unspecified atom stereocenters. The highest BCUT2D eigenvalue weighted by atomic mass is 32.1. The number of pyridine rings is 1. The fraction of sp³-hybridized carbons (Fsp3) is 0.391. The Morgan fingerprint density at radius 2 is 2.06 bits per heavy atom. The molecule has 3 heterocycles. The van der Waals surface area contributed by atoms with Gasteiger partial charge in [0, 0.05) is 19.7 Å². The highest BCUT2D eigenvalue weighted by molar-refractivity contribution is 7.22. The zero-order chi connectivity index (χ0) is 22.1. The average molecular weight is 451 g/mol. The molecule has 1 aromatic carbocycles. The summed E-state index contributed by atoms with van der Waals surface area (Å²) in [5, 5.41) is 17.3. The number of anilines is 1. The second-order valence-corrected chi connectivity index (χ2v) is 9.42. The number of amides is 1. The van der Waals surface area contributed by atoms with Crippen LogP contribution in [0, 0.1) is 0 Å². The first-order valence-corrected chi connectivity index (χ1v) is 11.7. The average Bonchev–Trinajstić information content (AvgIpc) is 3.37. The number of carbonyl (C=O) groups is 1. The number of carbonyl (C=O) groups excluding carboxylic acids is 1. The van der Waals surface area contributed by atoms with E-state index in [0.29, 0.717) is 13.1 Å². The van der Waals surface area contributed by atoms with Crippen LogP contribution < -0.4 is 10.6 Å². The zero-order valence-corrected chi connectivity index (χ0v) is 18.7. The summed E-state index contributed by atoms with van der Waals surface area (Å²) in [6.45, 7) is 2.60. The molecule has 5 rings (SSSR count). The van der Waals surface area contributed by atoms with Gasteiger partial charge in [-0.15, -0.1) is 0 Å². The summed E-state index contributed by atoms with van der Waals surface area (Å²) in [7, 11) is 0. The molecule has 9 heteroatoms. The number of aliphatic hydroxyl groups excluding tert-OH is 1. The van der Waals surface area contributed by atoms with Gasteiger partial charge in [0.1, 0.15) is 5.52 Å². The van der Waals surface area contributed by atoms with Crippen molar-refractivity contribution in [2.24, 2.45) is 0 Å². The van der Waals surface area contributed by atoms with Crippen molar-refractivity contribution in [1.82, 2.24) is 24.8 Å². The van der Waals surface area contributed by atoms with Crippen LogP contribution in [0.2, 0.25) is 0 Å². The van der Waals surface area contributed by atoms with Gasteiger partial charge in [0.2, 0.25) is 5.91 Å². The van der Waals surface area contributed by atoms with Crippen LogP contribution in [0.5, 0.6) is 0 Å². The Bertz CT molecular complexity index is 1270. The van der Waals surface area contributed by atoms with Gasteiger partial charge in [0.05, 0.1) is 35.2 Å². The summed E-state index contributed by atoms with van der Waals surface area (Å²) in [5.41, 5.74) is 4.66. The van der Waals surface area contributed by atoms with E-state index >= 15 is 0 Å². The Balaban J connectivity index is 1.32. The first-order valence-electron chi connectivity index (χ1n) is 10.9. The first kappa shape index (κ1) is 20.8. The fourth-order valence-corrected chi connectivity index (χ4v) is 5.18. The minimum absolute atomic E-state index is 0.0673. The Labute approximate surface area is 189 Å². The van der Waals surface area contributed by atoms with Gasteiger partial charge >= 0.3 is 0 Å². The fourth-order valence-electron chi connectivity index (χ4n) is 4.19. The van der Waals surface area contributed by atoms with Crippen LogP contribution in [0.4, 0.5) is 5.13 Å². The second-order valence-electron chi connectivity index (χ2n) is 8.39. The molecule has 1 aliphatic carbocycles. The Hall–Kier alpha value is -3.04. The smallest absolute Gasteiger partial charge is 0.217 e.